The molecule has 0 fully saturated rings. The van der Waals surface area contributed by atoms with Crippen LogP contribution >= 0.6 is 0 Å². The van der Waals surface area contributed by atoms with Crippen LogP contribution in [0.4, 0.5) is 0 Å². The zero-order valence-electron chi connectivity index (χ0n) is 16.3. The fraction of sp³-hybridized carbons (Fsp3) is 0.273. The highest BCUT2D eigenvalue weighted by atomic mass is 16.7. The Hall–Kier alpha value is -3.48. The van der Waals surface area contributed by atoms with Crippen LogP contribution in [-0.4, -0.2) is 36.7 Å². The third-order valence-corrected chi connectivity index (χ3v) is 4.90. The first-order chi connectivity index (χ1) is 14.1. The molecule has 7 nitrogen and oxygen atoms in total. The van der Waals surface area contributed by atoms with Crippen molar-refractivity contribution < 1.29 is 28.2 Å². The molecule has 0 atom stereocenters. The van der Waals surface area contributed by atoms with Crippen molar-refractivity contribution >= 4 is 22.8 Å². The number of hydrogen-bond acceptors (Lipinski definition) is 6. The first kappa shape index (κ1) is 18.9. The smallest absolute Gasteiger partial charge is 0.375 e. The van der Waals surface area contributed by atoms with Crippen LogP contribution in [0.1, 0.15) is 28.6 Å². The van der Waals surface area contributed by atoms with E-state index in [-0.39, 0.29) is 25.1 Å². The maximum atomic E-state index is 12.6. The molecule has 0 bridgehead atoms. The largest absolute Gasteiger partial charge is 0.454 e. The van der Waals surface area contributed by atoms with Gasteiger partial charge >= 0.3 is 5.97 Å². The summed E-state index contributed by atoms with van der Waals surface area (Å²) in [4.78, 5) is 26.6. The Bertz CT molecular complexity index is 1070. The van der Waals surface area contributed by atoms with E-state index in [0.717, 1.165) is 10.9 Å². The number of hydrogen-bond donors (Lipinski definition) is 0. The first-order valence-corrected chi connectivity index (χ1v) is 9.38. The molecule has 1 amide bonds. The van der Waals surface area contributed by atoms with Crippen LogP contribution in [-0.2, 0) is 16.1 Å². The monoisotopic (exact) mass is 395 g/mol. The van der Waals surface area contributed by atoms with Gasteiger partial charge in [-0.05, 0) is 37.6 Å². The van der Waals surface area contributed by atoms with Gasteiger partial charge < -0.3 is 23.5 Å². The molecular formula is C22H21NO6. The molecule has 0 N–H and O–H groups in total. The van der Waals surface area contributed by atoms with Gasteiger partial charge in [-0.15, -0.1) is 0 Å². The van der Waals surface area contributed by atoms with Gasteiger partial charge in [0.2, 0.25) is 12.6 Å². The van der Waals surface area contributed by atoms with Crippen molar-refractivity contribution in [1.82, 2.24) is 4.90 Å². The zero-order valence-corrected chi connectivity index (χ0v) is 16.3. The van der Waals surface area contributed by atoms with E-state index in [0.29, 0.717) is 35.7 Å². The maximum Gasteiger partial charge on any atom is 0.375 e. The van der Waals surface area contributed by atoms with Crippen molar-refractivity contribution in [1.29, 1.82) is 0 Å². The Kier molecular flexibility index (Phi) is 5.12. The third kappa shape index (κ3) is 3.76. The van der Waals surface area contributed by atoms with E-state index >= 15 is 0 Å². The first-order valence-electron chi connectivity index (χ1n) is 9.38. The average molecular weight is 395 g/mol. The van der Waals surface area contributed by atoms with Gasteiger partial charge in [-0.2, -0.15) is 0 Å². The molecule has 7 heteroatoms. The normalized spacial score (nSPS) is 12.2. The SMILES string of the molecule is CCN(Cc1ccc2c(c1)OCO2)C(=O)COC(=O)c1oc2ccccc2c1C. The fourth-order valence-electron chi connectivity index (χ4n) is 3.29. The molecule has 0 radical (unpaired) electrons. The lowest BCUT2D eigenvalue weighted by atomic mass is 10.1. The molecule has 2 aromatic carbocycles. The number of ether oxygens (including phenoxy) is 3. The van der Waals surface area contributed by atoms with Crippen LogP contribution in [0.5, 0.6) is 11.5 Å². The molecule has 0 saturated heterocycles. The average Bonchev–Trinajstić information content (AvgIpc) is 3.34. The Morgan fingerprint density at radius 3 is 2.69 bits per heavy atom. The fourth-order valence-corrected chi connectivity index (χ4v) is 3.29. The summed E-state index contributed by atoms with van der Waals surface area (Å²) in [6.07, 6.45) is 0. The number of fused-ring (bicyclic) bond motifs is 2. The molecule has 0 unspecified atom stereocenters. The summed E-state index contributed by atoms with van der Waals surface area (Å²) in [6, 6.07) is 12.9. The summed E-state index contributed by atoms with van der Waals surface area (Å²) in [5.74, 6) is 0.548. The van der Waals surface area contributed by atoms with E-state index in [1.807, 2.05) is 43.3 Å². The van der Waals surface area contributed by atoms with Gasteiger partial charge in [0.05, 0.1) is 0 Å². The molecule has 0 saturated carbocycles. The van der Waals surface area contributed by atoms with Crippen molar-refractivity contribution in [3.8, 4) is 11.5 Å². The van der Waals surface area contributed by atoms with E-state index in [1.165, 1.54) is 0 Å². The molecule has 29 heavy (non-hydrogen) atoms. The molecule has 1 aliphatic heterocycles. The molecule has 0 spiro atoms. The maximum absolute atomic E-state index is 12.6. The van der Waals surface area contributed by atoms with Gasteiger partial charge in [0, 0.05) is 24.0 Å². The van der Waals surface area contributed by atoms with Crippen LogP contribution in [0, 0.1) is 6.92 Å². The van der Waals surface area contributed by atoms with Gasteiger partial charge in [0.25, 0.3) is 5.91 Å². The number of para-hydroxylation sites is 1. The molecule has 3 aromatic rings. The molecule has 4 rings (SSSR count). The summed E-state index contributed by atoms with van der Waals surface area (Å²) >= 11 is 0. The van der Waals surface area contributed by atoms with Crippen LogP contribution in [0.2, 0.25) is 0 Å². The van der Waals surface area contributed by atoms with Crippen molar-refractivity contribution in [3.63, 3.8) is 0 Å². The number of nitrogens with zero attached hydrogens (tertiary/aromatic N) is 1. The second-order valence-corrected chi connectivity index (χ2v) is 6.72. The number of aryl methyl sites for hydroxylation is 1. The van der Waals surface area contributed by atoms with Crippen LogP contribution < -0.4 is 9.47 Å². The predicted molar refractivity (Wildman–Crippen MR) is 105 cm³/mol. The van der Waals surface area contributed by atoms with Crippen molar-refractivity contribution in [2.24, 2.45) is 0 Å². The minimum absolute atomic E-state index is 0.123. The van der Waals surface area contributed by atoms with Crippen LogP contribution in [0.15, 0.2) is 46.9 Å². The number of carbonyl (C=O) groups is 2. The molecular weight excluding hydrogens is 374 g/mol. The second-order valence-electron chi connectivity index (χ2n) is 6.72. The number of furan rings is 1. The predicted octanol–water partition coefficient (Wildman–Crippen LogP) is 3.68. The molecule has 150 valence electrons. The van der Waals surface area contributed by atoms with Crippen LogP contribution in [0.3, 0.4) is 0 Å². The van der Waals surface area contributed by atoms with E-state index in [1.54, 1.807) is 17.9 Å². The van der Waals surface area contributed by atoms with E-state index < -0.39 is 5.97 Å². The number of rotatable bonds is 6. The van der Waals surface area contributed by atoms with Gasteiger partial charge in [0.15, 0.2) is 18.1 Å². The minimum atomic E-state index is -0.647. The number of esters is 1. The lowest BCUT2D eigenvalue weighted by Gasteiger charge is -2.21. The molecule has 2 heterocycles. The summed E-state index contributed by atoms with van der Waals surface area (Å²) in [6.45, 7) is 4.38. The van der Waals surface area contributed by atoms with Crippen molar-refractivity contribution in [2.75, 3.05) is 19.9 Å². The minimum Gasteiger partial charge on any atom is -0.454 e. The van der Waals surface area contributed by atoms with E-state index in [2.05, 4.69) is 0 Å². The van der Waals surface area contributed by atoms with Gasteiger partial charge in [-0.3, -0.25) is 4.79 Å². The van der Waals surface area contributed by atoms with Gasteiger partial charge in [-0.1, -0.05) is 24.3 Å². The summed E-state index contributed by atoms with van der Waals surface area (Å²) < 4.78 is 21.5. The summed E-state index contributed by atoms with van der Waals surface area (Å²) in [5, 5.41) is 0.851. The molecule has 0 aliphatic carbocycles. The topological polar surface area (TPSA) is 78.2 Å². The zero-order chi connectivity index (χ0) is 20.4. The number of benzene rings is 2. The third-order valence-electron chi connectivity index (χ3n) is 4.90. The summed E-state index contributed by atoms with van der Waals surface area (Å²) in [5.41, 5.74) is 2.22. The highest BCUT2D eigenvalue weighted by Crippen LogP contribution is 2.32. The molecule has 1 aromatic heterocycles. The number of amides is 1. The van der Waals surface area contributed by atoms with E-state index in [4.69, 9.17) is 18.6 Å². The summed E-state index contributed by atoms with van der Waals surface area (Å²) in [7, 11) is 0. The standard InChI is InChI=1S/C22H21NO6/c1-3-23(11-15-8-9-18-19(10-15)28-13-27-18)20(24)12-26-22(25)21-14(2)16-6-4-5-7-17(16)29-21/h4-10H,3,11-13H2,1-2H3. The number of likely N-dealkylation sites (N-methyl/N-ethyl adjacent to an activating group) is 1. The van der Waals surface area contributed by atoms with Crippen LogP contribution in [0.25, 0.3) is 11.0 Å². The second kappa shape index (κ2) is 7.87. The Morgan fingerprint density at radius 2 is 1.90 bits per heavy atom. The van der Waals surface area contributed by atoms with Gasteiger partial charge in [0.1, 0.15) is 5.58 Å². The molecule has 1 aliphatic rings. The van der Waals surface area contributed by atoms with Gasteiger partial charge in [-0.25, -0.2) is 4.79 Å². The lowest BCUT2D eigenvalue weighted by molar-refractivity contribution is -0.135. The highest BCUT2D eigenvalue weighted by molar-refractivity contribution is 5.96. The van der Waals surface area contributed by atoms with E-state index in [9.17, 15) is 9.59 Å². The quantitative estimate of drug-likeness (QED) is 0.593. The van der Waals surface area contributed by atoms with Crippen molar-refractivity contribution in [3.05, 3.63) is 59.4 Å². The Morgan fingerprint density at radius 1 is 1.10 bits per heavy atom. The Balaban J connectivity index is 1.39. The van der Waals surface area contributed by atoms with Crippen molar-refractivity contribution in [2.45, 2.75) is 20.4 Å². The highest BCUT2D eigenvalue weighted by Gasteiger charge is 2.22. The lowest BCUT2D eigenvalue weighted by Crippen LogP contribution is -2.34. The number of carbonyl (C=O) groups excluding carboxylic acids is 2. The Labute approximate surface area is 167 Å².